The van der Waals surface area contributed by atoms with Gasteiger partial charge in [0.15, 0.2) is 0 Å². The highest BCUT2D eigenvalue weighted by atomic mass is 16.3. The lowest BCUT2D eigenvalue weighted by Gasteiger charge is -2.08. The fraction of sp³-hybridized carbons (Fsp3) is 0.250. The Labute approximate surface area is 108 Å². The molecule has 2 aromatic carbocycles. The highest BCUT2D eigenvalue weighted by molar-refractivity contribution is 5.64. The van der Waals surface area contributed by atoms with Crippen molar-refractivity contribution in [3.8, 4) is 11.1 Å². The van der Waals surface area contributed by atoms with Crippen LogP contribution in [0.3, 0.4) is 0 Å². The summed E-state index contributed by atoms with van der Waals surface area (Å²) >= 11 is 0. The molecule has 0 aliphatic carbocycles. The summed E-state index contributed by atoms with van der Waals surface area (Å²) in [5.41, 5.74) is 10.1. The number of benzene rings is 2. The molecule has 94 valence electrons. The van der Waals surface area contributed by atoms with Crippen LogP contribution in [0.4, 0.5) is 0 Å². The second-order valence-electron chi connectivity index (χ2n) is 4.54. The van der Waals surface area contributed by atoms with Gasteiger partial charge in [0.2, 0.25) is 0 Å². The zero-order valence-electron chi connectivity index (χ0n) is 10.6. The van der Waals surface area contributed by atoms with Crippen molar-refractivity contribution in [3.05, 3.63) is 59.7 Å². The molecular weight excluding hydrogens is 222 g/mol. The van der Waals surface area contributed by atoms with Gasteiger partial charge in [-0.05, 0) is 42.1 Å². The molecule has 0 aromatic heterocycles. The summed E-state index contributed by atoms with van der Waals surface area (Å²) in [5, 5.41) is 9.49. The van der Waals surface area contributed by atoms with Gasteiger partial charge < -0.3 is 10.8 Å². The largest absolute Gasteiger partial charge is 0.389 e. The first kappa shape index (κ1) is 12.8. The van der Waals surface area contributed by atoms with Crippen molar-refractivity contribution >= 4 is 0 Å². The summed E-state index contributed by atoms with van der Waals surface area (Å²) in [6, 6.07) is 16.4. The van der Waals surface area contributed by atoms with Crippen molar-refractivity contribution < 1.29 is 5.11 Å². The van der Waals surface area contributed by atoms with E-state index in [4.69, 9.17) is 5.73 Å². The molecule has 0 saturated heterocycles. The molecule has 0 radical (unpaired) electrons. The van der Waals surface area contributed by atoms with Crippen LogP contribution in [-0.4, -0.2) is 11.7 Å². The fourth-order valence-electron chi connectivity index (χ4n) is 2.03. The van der Waals surface area contributed by atoms with Crippen molar-refractivity contribution in [3.63, 3.8) is 0 Å². The van der Waals surface area contributed by atoms with E-state index < -0.39 is 6.10 Å². The number of nitrogens with two attached hydrogens (primary N) is 1. The highest BCUT2D eigenvalue weighted by Crippen LogP contribution is 2.23. The zero-order valence-corrected chi connectivity index (χ0v) is 10.6. The second-order valence-corrected chi connectivity index (χ2v) is 4.54. The molecule has 0 bridgehead atoms. The van der Waals surface area contributed by atoms with Crippen molar-refractivity contribution in [2.75, 3.05) is 6.54 Å². The Morgan fingerprint density at radius 3 is 2.39 bits per heavy atom. The second kappa shape index (κ2) is 5.80. The lowest BCUT2D eigenvalue weighted by atomic mass is 10.00. The van der Waals surface area contributed by atoms with Gasteiger partial charge in [-0.2, -0.15) is 0 Å². The van der Waals surface area contributed by atoms with Crippen LogP contribution in [0.5, 0.6) is 0 Å². The molecule has 0 amide bonds. The van der Waals surface area contributed by atoms with Crippen molar-refractivity contribution in [2.24, 2.45) is 5.73 Å². The molecule has 2 aromatic rings. The number of hydrogen-bond acceptors (Lipinski definition) is 2. The molecule has 3 N–H and O–H groups in total. The monoisotopic (exact) mass is 241 g/mol. The Kier molecular flexibility index (Phi) is 4.13. The van der Waals surface area contributed by atoms with E-state index in [9.17, 15) is 5.11 Å². The lowest BCUT2D eigenvalue weighted by molar-refractivity contribution is 0.199. The number of aliphatic hydroxyl groups excluding tert-OH is 1. The molecule has 0 spiro atoms. The van der Waals surface area contributed by atoms with Crippen LogP contribution in [0, 0.1) is 0 Å². The summed E-state index contributed by atoms with van der Waals surface area (Å²) in [6.07, 6.45) is 0.488. The van der Waals surface area contributed by atoms with E-state index in [1.807, 2.05) is 24.3 Å². The van der Waals surface area contributed by atoms with Gasteiger partial charge >= 0.3 is 0 Å². The molecule has 0 saturated carbocycles. The Bertz CT molecular complexity index is 503. The van der Waals surface area contributed by atoms with Crippen molar-refractivity contribution in [1.29, 1.82) is 0 Å². The maximum atomic E-state index is 9.49. The topological polar surface area (TPSA) is 46.2 Å². The van der Waals surface area contributed by atoms with E-state index in [-0.39, 0.29) is 0 Å². The van der Waals surface area contributed by atoms with Gasteiger partial charge in [-0.3, -0.25) is 0 Å². The van der Waals surface area contributed by atoms with Crippen molar-refractivity contribution in [2.45, 2.75) is 19.4 Å². The van der Waals surface area contributed by atoms with Gasteiger partial charge in [-0.1, -0.05) is 48.5 Å². The predicted octanol–water partition coefficient (Wildman–Crippen LogP) is 2.91. The maximum absolute atomic E-state index is 9.49. The van der Waals surface area contributed by atoms with E-state index in [0.29, 0.717) is 6.54 Å². The van der Waals surface area contributed by atoms with Gasteiger partial charge in [0.05, 0.1) is 6.10 Å². The molecule has 1 unspecified atom stereocenters. The van der Waals surface area contributed by atoms with E-state index in [2.05, 4.69) is 24.3 Å². The lowest BCUT2D eigenvalue weighted by Crippen LogP contribution is -2.02. The third kappa shape index (κ3) is 2.97. The summed E-state index contributed by atoms with van der Waals surface area (Å²) in [4.78, 5) is 0. The normalized spacial score (nSPS) is 12.4. The molecule has 0 aliphatic rings. The molecule has 0 heterocycles. The molecular formula is C16H19NO. The third-order valence-corrected chi connectivity index (χ3v) is 3.09. The molecule has 2 rings (SSSR count). The maximum Gasteiger partial charge on any atom is 0.0761 e. The van der Waals surface area contributed by atoms with Crippen LogP contribution in [-0.2, 0) is 6.42 Å². The van der Waals surface area contributed by atoms with Crippen LogP contribution in [0.25, 0.3) is 11.1 Å². The molecule has 2 heteroatoms. The van der Waals surface area contributed by atoms with Gasteiger partial charge in [-0.15, -0.1) is 0 Å². The van der Waals surface area contributed by atoms with Crippen LogP contribution < -0.4 is 5.73 Å². The van der Waals surface area contributed by atoms with Gasteiger partial charge in [0.1, 0.15) is 0 Å². The van der Waals surface area contributed by atoms with E-state index in [0.717, 1.165) is 12.0 Å². The summed E-state index contributed by atoms with van der Waals surface area (Å²) in [5.74, 6) is 0. The first-order valence-electron chi connectivity index (χ1n) is 6.28. The summed E-state index contributed by atoms with van der Waals surface area (Å²) in [6.45, 7) is 2.45. The van der Waals surface area contributed by atoms with Crippen LogP contribution in [0.1, 0.15) is 24.2 Å². The number of aliphatic hydroxyl groups is 1. The first-order chi connectivity index (χ1) is 8.70. The zero-order chi connectivity index (χ0) is 13.0. The van der Waals surface area contributed by atoms with Gasteiger partial charge in [0.25, 0.3) is 0 Å². The Hall–Kier alpha value is -1.64. The van der Waals surface area contributed by atoms with Crippen LogP contribution in [0.2, 0.25) is 0 Å². The number of hydrogen-bond donors (Lipinski definition) is 2. The third-order valence-electron chi connectivity index (χ3n) is 3.09. The molecule has 18 heavy (non-hydrogen) atoms. The van der Waals surface area contributed by atoms with Crippen LogP contribution >= 0.6 is 0 Å². The predicted molar refractivity (Wildman–Crippen MR) is 75.3 cm³/mol. The van der Waals surface area contributed by atoms with E-state index >= 15 is 0 Å². The minimum atomic E-state index is -0.414. The van der Waals surface area contributed by atoms with Gasteiger partial charge in [0, 0.05) is 0 Å². The molecule has 2 nitrogen and oxygen atoms in total. The minimum Gasteiger partial charge on any atom is -0.389 e. The van der Waals surface area contributed by atoms with Crippen LogP contribution in [0.15, 0.2) is 48.5 Å². The Morgan fingerprint density at radius 2 is 1.78 bits per heavy atom. The summed E-state index contributed by atoms with van der Waals surface area (Å²) in [7, 11) is 0. The quantitative estimate of drug-likeness (QED) is 0.864. The molecule has 1 atom stereocenters. The average Bonchev–Trinajstić information content (AvgIpc) is 2.39. The SMILES string of the molecule is CC(O)c1ccc(-c2cccc(CCN)c2)cc1. The average molecular weight is 241 g/mol. The minimum absolute atomic E-state index is 0.414. The molecule has 0 aliphatic heterocycles. The smallest absolute Gasteiger partial charge is 0.0761 e. The number of rotatable bonds is 4. The summed E-state index contributed by atoms with van der Waals surface area (Å²) < 4.78 is 0. The van der Waals surface area contributed by atoms with E-state index in [1.165, 1.54) is 16.7 Å². The van der Waals surface area contributed by atoms with Crippen molar-refractivity contribution in [1.82, 2.24) is 0 Å². The Balaban J connectivity index is 2.27. The van der Waals surface area contributed by atoms with E-state index in [1.54, 1.807) is 6.92 Å². The van der Waals surface area contributed by atoms with Gasteiger partial charge in [-0.25, -0.2) is 0 Å². The first-order valence-corrected chi connectivity index (χ1v) is 6.28. The fourth-order valence-corrected chi connectivity index (χ4v) is 2.03. The Morgan fingerprint density at radius 1 is 1.06 bits per heavy atom. The standard InChI is InChI=1S/C16H19NO/c1-12(18)14-5-7-15(8-6-14)16-4-2-3-13(11-16)9-10-17/h2-8,11-12,18H,9-10,17H2,1H3. The highest BCUT2D eigenvalue weighted by Gasteiger charge is 2.02. The molecule has 0 fully saturated rings.